The number of aromatic amines is 1. The van der Waals surface area contributed by atoms with Crippen LogP contribution >= 0.6 is 23.1 Å². The summed E-state index contributed by atoms with van der Waals surface area (Å²) in [5.74, 6) is 2.61. The lowest BCUT2D eigenvalue weighted by molar-refractivity contribution is 0.700. The molecule has 142 valence electrons. The molecule has 1 aliphatic rings. The van der Waals surface area contributed by atoms with Crippen LogP contribution in [0.2, 0.25) is 0 Å². The van der Waals surface area contributed by atoms with Crippen LogP contribution in [0.4, 0.5) is 5.82 Å². The number of nitrogens with one attached hydrogen (secondary N) is 2. The number of hydrogen-bond donors (Lipinski definition) is 2. The van der Waals surface area contributed by atoms with E-state index < -0.39 is 0 Å². The first-order chi connectivity index (χ1) is 13.9. The van der Waals surface area contributed by atoms with Gasteiger partial charge in [0.05, 0.1) is 23.4 Å². The lowest BCUT2D eigenvalue weighted by Gasteiger charge is -2.13. The number of rotatable bonds is 6. The van der Waals surface area contributed by atoms with Crippen LogP contribution in [0.3, 0.4) is 0 Å². The van der Waals surface area contributed by atoms with E-state index >= 15 is 0 Å². The fourth-order valence-electron chi connectivity index (χ4n) is 3.62. The molecule has 28 heavy (non-hydrogen) atoms. The molecule has 0 saturated heterocycles. The Morgan fingerprint density at radius 1 is 1.07 bits per heavy atom. The third-order valence-electron chi connectivity index (χ3n) is 4.98. The maximum atomic E-state index is 4.93. The van der Waals surface area contributed by atoms with Gasteiger partial charge in [-0.25, -0.2) is 9.97 Å². The molecular weight excluding hydrogens is 386 g/mol. The molecule has 4 aromatic rings. The van der Waals surface area contributed by atoms with E-state index in [9.17, 15) is 0 Å². The predicted molar refractivity (Wildman–Crippen MR) is 116 cm³/mol. The molecule has 0 spiro atoms. The first-order valence-corrected chi connectivity index (χ1v) is 11.4. The molecule has 0 atom stereocenters. The molecule has 0 radical (unpaired) electrons. The minimum Gasteiger partial charge on any atom is -0.364 e. The van der Waals surface area contributed by atoms with Gasteiger partial charge in [-0.05, 0) is 49.4 Å². The van der Waals surface area contributed by atoms with Gasteiger partial charge in [-0.1, -0.05) is 18.2 Å². The summed E-state index contributed by atoms with van der Waals surface area (Å²) in [6, 6.07) is 12.4. The largest absolute Gasteiger partial charge is 0.364 e. The number of aryl methyl sites for hydroxylation is 2. The number of hydrogen-bond acceptors (Lipinski definition) is 6. The fraction of sp³-hybridized carbons (Fsp3) is 0.286. The van der Waals surface area contributed by atoms with Crippen LogP contribution in [-0.4, -0.2) is 20.2 Å². The van der Waals surface area contributed by atoms with Crippen LogP contribution in [0.15, 0.2) is 47.5 Å². The van der Waals surface area contributed by atoms with Gasteiger partial charge in [0.25, 0.3) is 0 Å². The normalized spacial score (nSPS) is 13.6. The number of fused-ring (bicyclic) bond motifs is 3. The number of H-pyrrole nitrogens is 1. The zero-order valence-electron chi connectivity index (χ0n) is 15.4. The number of nitrogens with zero attached hydrogens (tertiary/aromatic N) is 3. The average Bonchev–Trinajstić information content (AvgIpc) is 3.38. The molecule has 7 heteroatoms. The monoisotopic (exact) mass is 407 g/mol. The van der Waals surface area contributed by atoms with Gasteiger partial charge in [0, 0.05) is 16.0 Å². The van der Waals surface area contributed by atoms with Gasteiger partial charge >= 0.3 is 0 Å². The molecule has 2 N–H and O–H groups in total. The molecule has 3 heterocycles. The summed E-state index contributed by atoms with van der Waals surface area (Å²) in [5.41, 5.74) is 2.51. The Hall–Kier alpha value is -2.38. The van der Waals surface area contributed by atoms with Gasteiger partial charge in [0.15, 0.2) is 0 Å². The quantitative estimate of drug-likeness (QED) is 0.430. The van der Waals surface area contributed by atoms with Crippen LogP contribution < -0.4 is 5.32 Å². The van der Waals surface area contributed by atoms with Crippen LogP contribution in [0.1, 0.15) is 34.8 Å². The maximum absolute atomic E-state index is 4.93. The van der Waals surface area contributed by atoms with Crippen LogP contribution in [0.25, 0.3) is 10.2 Å². The molecule has 5 nitrogen and oxygen atoms in total. The van der Waals surface area contributed by atoms with Gasteiger partial charge in [0.1, 0.15) is 16.5 Å². The van der Waals surface area contributed by atoms with Crippen molar-refractivity contribution in [3.05, 3.63) is 64.6 Å². The van der Waals surface area contributed by atoms with Gasteiger partial charge in [-0.3, -0.25) is 5.10 Å². The number of benzene rings is 1. The molecule has 0 fully saturated rings. The standard InChI is InChI=1S/C21H21N5S2/c1-2-6-15(7-3-1)27-13-18-24-20(22-12-14-10-11-23-26-14)19-16-8-4-5-9-17(16)28-21(19)25-18/h1-3,6-7,10-11H,4-5,8-9,12-13H2,(H,23,26)(H,22,24,25). The molecule has 0 aliphatic heterocycles. The molecule has 0 saturated carbocycles. The van der Waals surface area contributed by atoms with Crippen LogP contribution in [0.5, 0.6) is 0 Å². The molecule has 0 unspecified atom stereocenters. The minimum atomic E-state index is 0.683. The number of anilines is 1. The SMILES string of the molecule is c1ccc(SCc2nc(NCc3ccn[nH]3)c3c4c(sc3n2)CCCC4)cc1. The highest BCUT2D eigenvalue weighted by Crippen LogP contribution is 2.39. The summed E-state index contributed by atoms with van der Waals surface area (Å²) in [4.78, 5) is 13.7. The second-order valence-corrected chi connectivity index (χ2v) is 9.05. The summed E-state index contributed by atoms with van der Waals surface area (Å²) >= 11 is 3.63. The minimum absolute atomic E-state index is 0.683. The first-order valence-electron chi connectivity index (χ1n) is 9.58. The molecule has 0 bridgehead atoms. The van der Waals surface area contributed by atoms with Crippen molar-refractivity contribution in [2.24, 2.45) is 0 Å². The topological polar surface area (TPSA) is 66.5 Å². The number of thioether (sulfide) groups is 1. The summed E-state index contributed by atoms with van der Waals surface area (Å²) in [7, 11) is 0. The van der Waals surface area contributed by atoms with Gasteiger partial charge in [-0.15, -0.1) is 23.1 Å². The molecule has 1 aromatic carbocycles. The molecular formula is C21H21N5S2. The van der Waals surface area contributed by atoms with Crippen molar-refractivity contribution in [2.45, 2.75) is 42.9 Å². The van der Waals surface area contributed by atoms with Crippen molar-refractivity contribution >= 4 is 39.1 Å². The van der Waals surface area contributed by atoms with E-state index in [0.717, 1.165) is 34.3 Å². The zero-order chi connectivity index (χ0) is 18.8. The lowest BCUT2D eigenvalue weighted by atomic mass is 9.97. The van der Waals surface area contributed by atoms with Gasteiger partial charge in [0.2, 0.25) is 0 Å². The smallest absolute Gasteiger partial charge is 0.142 e. The summed E-state index contributed by atoms with van der Waals surface area (Å²) in [5, 5.41) is 11.8. The number of thiophene rings is 1. The number of aromatic nitrogens is 4. The molecule has 5 rings (SSSR count). The lowest BCUT2D eigenvalue weighted by Crippen LogP contribution is -2.06. The summed E-state index contributed by atoms with van der Waals surface area (Å²) in [6.07, 6.45) is 6.62. The Balaban J connectivity index is 1.48. The maximum Gasteiger partial charge on any atom is 0.142 e. The Morgan fingerprint density at radius 2 is 1.96 bits per heavy atom. The van der Waals surface area contributed by atoms with Gasteiger partial charge in [-0.2, -0.15) is 5.10 Å². The Bertz CT molecular complexity index is 1070. The highest BCUT2D eigenvalue weighted by molar-refractivity contribution is 7.98. The van der Waals surface area contributed by atoms with Crippen molar-refractivity contribution in [1.82, 2.24) is 20.2 Å². The van der Waals surface area contributed by atoms with Crippen molar-refractivity contribution in [1.29, 1.82) is 0 Å². The van der Waals surface area contributed by atoms with E-state index in [-0.39, 0.29) is 0 Å². The van der Waals surface area contributed by atoms with Crippen molar-refractivity contribution in [3.8, 4) is 0 Å². The predicted octanol–water partition coefficient (Wildman–Crippen LogP) is 5.20. The van der Waals surface area contributed by atoms with Crippen LogP contribution in [0, 0.1) is 0 Å². The average molecular weight is 408 g/mol. The van der Waals surface area contributed by atoms with Crippen molar-refractivity contribution < 1.29 is 0 Å². The second-order valence-electron chi connectivity index (χ2n) is 6.92. The zero-order valence-corrected chi connectivity index (χ0v) is 17.1. The van der Waals surface area contributed by atoms with E-state index in [2.05, 4.69) is 39.8 Å². The fourth-order valence-corrected chi connectivity index (χ4v) is 5.68. The Morgan fingerprint density at radius 3 is 2.82 bits per heavy atom. The summed E-state index contributed by atoms with van der Waals surface area (Å²) < 4.78 is 0. The molecule has 1 aliphatic carbocycles. The third kappa shape index (κ3) is 3.64. The van der Waals surface area contributed by atoms with E-state index in [1.54, 1.807) is 18.0 Å². The van der Waals surface area contributed by atoms with E-state index in [0.29, 0.717) is 6.54 Å². The molecule has 0 amide bonds. The highest BCUT2D eigenvalue weighted by atomic mass is 32.2. The first kappa shape index (κ1) is 17.7. The van der Waals surface area contributed by atoms with Crippen molar-refractivity contribution in [3.63, 3.8) is 0 Å². The molecule has 3 aromatic heterocycles. The van der Waals surface area contributed by atoms with Crippen molar-refractivity contribution in [2.75, 3.05) is 5.32 Å². The van der Waals surface area contributed by atoms with Crippen LogP contribution in [-0.2, 0) is 25.1 Å². The highest BCUT2D eigenvalue weighted by Gasteiger charge is 2.21. The van der Waals surface area contributed by atoms with E-state index in [4.69, 9.17) is 9.97 Å². The Kier molecular flexibility index (Phi) is 5.01. The third-order valence-corrected chi connectivity index (χ3v) is 7.17. The van der Waals surface area contributed by atoms with Gasteiger partial charge < -0.3 is 5.32 Å². The second kappa shape index (κ2) is 7.93. The summed E-state index contributed by atoms with van der Waals surface area (Å²) in [6.45, 7) is 0.683. The van der Waals surface area contributed by atoms with E-state index in [1.165, 1.54) is 40.0 Å². The Labute approximate surface area is 172 Å². The van der Waals surface area contributed by atoms with E-state index in [1.807, 2.05) is 23.5 Å².